The van der Waals surface area contributed by atoms with Crippen molar-refractivity contribution >= 4 is 5.78 Å². The van der Waals surface area contributed by atoms with Gasteiger partial charge in [0.1, 0.15) is 5.78 Å². The summed E-state index contributed by atoms with van der Waals surface area (Å²) in [5, 5.41) is 0. The van der Waals surface area contributed by atoms with Crippen LogP contribution < -0.4 is 0 Å². The third kappa shape index (κ3) is 75.8. The van der Waals surface area contributed by atoms with Crippen molar-refractivity contribution in [3.63, 3.8) is 0 Å². The number of Topliss-reactive ketones (excluding diaryl/α,β-unsaturated/α-hetero) is 1. The minimum absolute atomic E-state index is 0. The summed E-state index contributed by atoms with van der Waals surface area (Å²) >= 11 is 0. The molecule has 82 heavy (non-hydrogen) atoms. The third-order valence-electron chi connectivity index (χ3n) is 15.8. The normalized spacial score (nSPS) is 13.1. The van der Waals surface area contributed by atoms with E-state index < -0.39 is 0 Å². The van der Waals surface area contributed by atoms with Gasteiger partial charge in [0.15, 0.2) is 0 Å². The van der Waals surface area contributed by atoms with Crippen molar-refractivity contribution in [3.8, 4) is 0 Å². The number of ketones is 1. The second kappa shape index (κ2) is 42.6. The average Bonchev–Trinajstić information content (AvgIpc) is 2.97. The largest absolute Gasteiger partial charge is 0.299 e. The summed E-state index contributed by atoms with van der Waals surface area (Å²) in [5.41, 5.74) is 5.82. The highest BCUT2D eigenvalue weighted by Gasteiger charge is 2.42. The Balaban J connectivity index is -0.0000000435. The first-order valence-corrected chi connectivity index (χ1v) is 29.9. The Morgan fingerprint density at radius 1 is 0.268 bits per heavy atom. The molecule has 0 rings (SSSR count). The van der Waals surface area contributed by atoms with Gasteiger partial charge in [0.2, 0.25) is 0 Å². The molecule has 1 atom stereocenters. The lowest BCUT2D eigenvalue weighted by molar-refractivity contribution is -0.134. The van der Waals surface area contributed by atoms with Gasteiger partial charge in [-0.25, -0.2) is 0 Å². The predicted octanol–water partition coefficient (Wildman–Crippen LogP) is 32.1. The highest BCUT2D eigenvalue weighted by atomic mass is 16.1. The standard InChI is InChI=1S/C12H26.2C11H24.2C10H22.C9H18O.C9H20.9CH4/c1-10(2,3)9-12(7,8)11(4,5)6;1-9(11(5,6)7)8-10(2,3)4;1-9(2,3)11(7,8)10(4,5)6;1-9(2,3)7-8-10(4,5)6;1-8(9(2,3)4)10(5,6)7;1-8(2,3)7(10)9(4,5)6;1-8(2,3)7-9(4,5)6;;;;;;;;;/h9H2,1-8H3;9H,8H2,1-7H3;1-8H3;7-8H2,1-6H3;8H,1-7H3;1-6H3;7H2,1-6H3;9*1H4. The van der Waals surface area contributed by atoms with Crippen molar-refractivity contribution in [1.29, 1.82) is 0 Å². The number of hydrogen-bond donors (Lipinski definition) is 0. The van der Waals surface area contributed by atoms with Crippen LogP contribution in [0.2, 0.25) is 0 Å². The van der Waals surface area contributed by atoms with Crippen LogP contribution in [0.25, 0.3) is 0 Å². The fraction of sp³-hybridized carbons (Fsp3) is 0.988. The Hall–Kier alpha value is -0.330. The molecule has 1 unspecified atom stereocenters. The van der Waals surface area contributed by atoms with Gasteiger partial charge in [-0.1, -0.05) is 399 Å². The van der Waals surface area contributed by atoms with E-state index in [0.29, 0.717) is 81.6 Å². The van der Waals surface area contributed by atoms with E-state index in [1.807, 2.05) is 41.5 Å². The minimum Gasteiger partial charge on any atom is -0.299 e. The average molecular weight is 1180 g/mol. The molecule has 0 saturated heterocycles. The summed E-state index contributed by atoms with van der Waals surface area (Å²) in [6.45, 7) is 109. The van der Waals surface area contributed by atoms with E-state index in [4.69, 9.17) is 0 Å². The molecular formula is C81H192O. The zero-order valence-electron chi connectivity index (χ0n) is 61.6. The van der Waals surface area contributed by atoms with E-state index in [-0.39, 0.29) is 77.7 Å². The molecule has 0 aromatic carbocycles. The minimum atomic E-state index is -0.196. The highest BCUT2D eigenvalue weighted by molar-refractivity contribution is 5.88. The summed E-state index contributed by atoms with van der Waals surface area (Å²) < 4.78 is 0. The number of rotatable bonds is 3. The molecule has 0 spiro atoms. The second-order valence-corrected chi connectivity index (χ2v) is 40.2. The van der Waals surface area contributed by atoms with Gasteiger partial charge in [0.25, 0.3) is 0 Å². The molecule has 1 nitrogen and oxygen atoms in total. The number of carbonyl (C=O) groups excluding carboxylic acids is 1. The summed E-state index contributed by atoms with van der Waals surface area (Å²) in [6.07, 6.45) is 6.55. The lowest BCUT2D eigenvalue weighted by Gasteiger charge is -2.49. The van der Waals surface area contributed by atoms with Gasteiger partial charge < -0.3 is 0 Å². The fourth-order valence-electron chi connectivity index (χ4n) is 8.71. The first kappa shape index (κ1) is 123. The first-order valence-electron chi connectivity index (χ1n) is 29.9. The van der Waals surface area contributed by atoms with E-state index >= 15 is 0 Å². The molecule has 0 aliphatic heterocycles. The summed E-state index contributed by atoms with van der Waals surface area (Å²) in [4.78, 5) is 11.5. The Bertz CT molecular complexity index is 1330. The van der Waals surface area contributed by atoms with Crippen molar-refractivity contribution in [3.05, 3.63) is 0 Å². The quantitative estimate of drug-likeness (QED) is 0.275. The predicted molar refractivity (Wildman–Crippen MR) is 407 cm³/mol. The maximum Gasteiger partial charge on any atom is 0.143 e. The lowest BCUT2D eigenvalue weighted by Crippen LogP contribution is -2.41. The van der Waals surface area contributed by atoms with Crippen LogP contribution in [0.1, 0.15) is 431 Å². The van der Waals surface area contributed by atoms with Crippen molar-refractivity contribution < 1.29 is 4.79 Å². The molecule has 0 N–H and O–H groups in total. The summed E-state index contributed by atoms with van der Waals surface area (Å²) in [7, 11) is 0. The molecule has 0 fully saturated rings. The van der Waals surface area contributed by atoms with Crippen LogP contribution in [-0.4, -0.2) is 5.78 Å². The molecule has 0 radical (unpaired) electrons. The van der Waals surface area contributed by atoms with Crippen LogP contribution in [0, 0.1) is 98.5 Å². The molecule has 0 aliphatic rings. The van der Waals surface area contributed by atoms with Crippen LogP contribution in [0.3, 0.4) is 0 Å². The van der Waals surface area contributed by atoms with Gasteiger partial charge in [-0.2, -0.15) is 0 Å². The molecule has 0 aliphatic carbocycles. The zero-order valence-corrected chi connectivity index (χ0v) is 61.6. The van der Waals surface area contributed by atoms with E-state index in [0.717, 1.165) is 11.8 Å². The van der Waals surface area contributed by atoms with Crippen LogP contribution in [0.4, 0.5) is 0 Å². The number of carbonyl (C=O) groups is 1. The first-order chi connectivity index (χ1) is 30.3. The van der Waals surface area contributed by atoms with Crippen LogP contribution in [0.5, 0.6) is 0 Å². The molecule has 0 aromatic heterocycles. The van der Waals surface area contributed by atoms with Crippen molar-refractivity contribution in [1.82, 2.24) is 0 Å². The van der Waals surface area contributed by atoms with Crippen LogP contribution in [-0.2, 0) is 4.79 Å². The third-order valence-corrected chi connectivity index (χ3v) is 15.8. The Labute approximate surface area is 537 Å². The van der Waals surface area contributed by atoms with E-state index in [1.165, 1.54) is 32.1 Å². The van der Waals surface area contributed by atoms with Gasteiger partial charge in [-0.15, -0.1) is 0 Å². The molecule has 522 valence electrons. The van der Waals surface area contributed by atoms with Gasteiger partial charge in [0, 0.05) is 10.8 Å². The van der Waals surface area contributed by atoms with Crippen LogP contribution >= 0.6 is 0 Å². The van der Waals surface area contributed by atoms with Crippen LogP contribution in [0.15, 0.2) is 0 Å². The van der Waals surface area contributed by atoms with Crippen molar-refractivity contribution in [2.24, 2.45) is 98.5 Å². The fourth-order valence-corrected chi connectivity index (χ4v) is 8.71. The van der Waals surface area contributed by atoms with Crippen molar-refractivity contribution in [2.45, 2.75) is 431 Å². The molecule has 0 aromatic rings. The smallest absolute Gasteiger partial charge is 0.143 e. The maximum atomic E-state index is 11.5. The van der Waals surface area contributed by atoms with E-state index in [1.54, 1.807) is 0 Å². The highest BCUT2D eigenvalue weighted by Crippen LogP contribution is 2.51. The monoisotopic (exact) mass is 1180 g/mol. The van der Waals surface area contributed by atoms with Crippen molar-refractivity contribution in [2.75, 3.05) is 0 Å². The summed E-state index contributed by atoms with van der Waals surface area (Å²) in [5.74, 6) is 1.89. The maximum absolute atomic E-state index is 11.5. The van der Waals surface area contributed by atoms with Gasteiger partial charge in [-0.3, -0.25) is 4.79 Å². The Morgan fingerprint density at radius 2 is 0.476 bits per heavy atom. The molecule has 0 heterocycles. The van der Waals surface area contributed by atoms with E-state index in [2.05, 4.69) is 291 Å². The molecule has 0 bridgehead atoms. The zero-order chi connectivity index (χ0) is 62.3. The van der Waals surface area contributed by atoms with Gasteiger partial charge in [0.05, 0.1) is 0 Å². The van der Waals surface area contributed by atoms with E-state index in [9.17, 15) is 4.79 Å². The molecule has 1 heteroatoms. The topological polar surface area (TPSA) is 17.1 Å². The lowest BCUT2D eigenvalue weighted by atomic mass is 9.56. The SMILES string of the molecule is C.C.C.C.C.C.C.C.C.CC(C(C)(C)C)C(C)(C)C.CC(C)(C)C(=O)C(C)(C)C.CC(C)(C)C(C)(C)C(C)(C)C.CC(C)(C)CC(C)(C)C.CC(C)(C)CC(C)(C)C(C)(C)C.CC(C)(C)CCC(C)(C)C.CC(CC(C)(C)C)C(C)(C)C. The molecular weight excluding hydrogens is 989 g/mol. The molecule has 0 saturated carbocycles. The molecule has 0 amide bonds. The van der Waals surface area contributed by atoms with Gasteiger partial charge >= 0.3 is 0 Å². The Kier molecular flexibility index (Phi) is 64.0. The number of hydrogen-bond acceptors (Lipinski definition) is 1. The second-order valence-electron chi connectivity index (χ2n) is 40.2. The van der Waals surface area contributed by atoms with Gasteiger partial charge in [-0.05, 0) is 120 Å². The Morgan fingerprint density at radius 3 is 0.512 bits per heavy atom. The summed E-state index contributed by atoms with van der Waals surface area (Å²) in [6, 6.07) is 0.